The molecular formula is C72H139NO3. The predicted octanol–water partition coefficient (Wildman–Crippen LogP) is 23.9. The lowest BCUT2D eigenvalue weighted by Crippen LogP contribution is -2.45. The number of allylic oxidation sites excluding steroid dienone is 5. The molecule has 0 rings (SSSR count). The van der Waals surface area contributed by atoms with Crippen LogP contribution in [0.5, 0.6) is 0 Å². The molecule has 1 amide bonds. The van der Waals surface area contributed by atoms with Crippen LogP contribution in [0.15, 0.2) is 36.5 Å². The van der Waals surface area contributed by atoms with Crippen molar-refractivity contribution >= 4 is 5.91 Å². The first-order chi connectivity index (χ1) is 37.7. The summed E-state index contributed by atoms with van der Waals surface area (Å²) >= 11 is 0. The number of carbonyl (C=O) groups is 1. The molecule has 2 unspecified atom stereocenters. The third-order valence-corrected chi connectivity index (χ3v) is 16.6. The molecule has 0 aromatic heterocycles. The lowest BCUT2D eigenvalue weighted by Gasteiger charge is -2.20. The Balaban J connectivity index is 3.38. The molecule has 0 bridgehead atoms. The number of unbranched alkanes of at least 4 members (excludes halogenated alkanes) is 55. The van der Waals surface area contributed by atoms with Crippen molar-refractivity contribution in [3.63, 3.8) is 0 Å². The van der Waals surface area contributed by atoms with Gasteiger partial charge in [0.05, 0.1) is 18.8 Å². The molecule has 2 atom stereocenters. The van der Waals surface area contributed by atoms with E-state index in [2.05, 4.69) is 43.5 Å². The minimum Gasteiger partial charge on any atom is -0.394 e. The van der Waals surface area contributed by atoms with E-state index in [0.29, 0.717) is 6.42 Å². The lowest BCUT2D eigenvalue weighted by atomic mass is 10.0. The maximum Gasteiger partial charge on any atom is 0.220 e. The zero-order chi connectivity index (χ0) is 54.8. The van der Waals surface area contributed by atoms with Gasteiger partial charge in [-0.1, -0.05) is 378 Å². The van der Waals surface area contributed by atoms with E-state index in [0.717, 1.165) is 32.1 Å². The van der Waals surface area contributed by atoms with Crippen molar-refractivity contribution < 1.29 is 15.0 Å². The van der Waals surface area contributed by atoms with Crippen molar-refractivity contribution in [1.82, 2.24) is 5.32 Å². The predicted molar refractivity (Wildman–Crippen MR) is 341 cm³/mol. The van der Waals surface area contributed by atoms with Gasteiger partial charge in [-0.2, -0.15) is 0 Å². The molecule has 0 aromatic rings. The average Bonchev–Trinajstić information content (AvgIpc) is 3.42. The maximum absolute atomic E-state index is 12.5. The Morgan fingerprint density at radius 3 is 0.789 bits per heavy atom. The van der Waals surface area contributed by atoms with Crippen LogP contribution in [0.4, 0.5) is 0 Å². The fourth-order valence-corrected chi connectivity index (χ4v) is 11.3. The minimum atomic E-state index is -0.838. The van der Waals surface area contributed by atoms with E-state index in [-0.39, 0.29) is 12.5 Å². The van der Waals surface area contributed by atoms with Crippen molar-refractivity contribution in [2.75, 3.05) is 6.61 Å². The molecule has 0 heterocycles. The monoisotopic (exact) mass is 1070 g/mol. The van der Waals surface area contributed by atoms with Gasteiger partial charge in [-0.25, -0.2) is 0 Å². The van der Waals surface area contributed by atoms with E-state index < -0.39 is 12.1 Å². The first-order valence-corrected chi connectivity index (χ1v) is 35.2. The van der Waals surface area contributed by atoms with Gasteiger partial charge < -0.3 is 15.5 Å². The number of aliphatic hydroxyl groups is 2. The molecule has 450 valence electrons. The zero-order valence-corrected chi connectivity index (χ0v) is 52.1. The van der Waals surface area contributed by atoms with E-state index >= 15 is 0 Å². The van der Waals surface area contributed by atoms with Crippen LogP contribution < -0.4 is 5.32 Å². The van der Waals surface area contributed by atoms with Crippen LogP contribution in [0, 0.1) is 0 Å². The second-order valence-corrected chi connectivity index (χ2v) is 24.3. The molecule has 0 aliphatic rings. The summed E-state index contributed by atoms with van der Waals surface area (Å²) in [5.41, 5.74) is 0. The van der Waals surface area contributed by atoms with Crippen LogP contribution in [-0.2, 0) is 4.79 Å². The van der Waals surface area contributed by atoms with Gasteiger partial charge >= 0.3 is 0 Å². The van der Waals surface area contributed by atoms with Gasteiger partial charge in [0, 0.05) is 6.42 Å². The smallest absolute Gasteiger partial charge is 0.220 e. The molecule has 0 saturated heterocycles. The van der Waals surface area contributed by atoms with Crippen LogP contribution in [0.25, 0.3) is 0 Å². The molecule has 0 aliphatic carbocycles. The van der Waals surface area contributed by atoms with Gasteiger partial charge in [-0.15, -0.1) is 0 Å². The Hall–Kier alpha value is -1.39. The summed E-state index contributed by atoms with van der Waals surface area (Å²) in [5, 5.41) is 23.3. The van der Waals surface area contributed by atoms with Gasteiger partial charge in [0.2, 0.25) is 5.91 Å². The normalized spacial score (nSPS) is 12.8. The van der Waals surface area contributed by atoms with E-state index in [1.165, 1.54) is 347 Å². The SMILES string of the molecule is CCCCCCC/C=C\C/C=C\CCCCCCCCCCCCCCCCCCCCCCCCCCCCCCCC(=O)NC(CO)C(O)/C=C/CCCCCCCCCCCCCCCCCCCCCCC. The number of carbonyl (C=O) groups excluding carboxylic acids is 1. The van der Waals surface area contributed by atoms with Crippen molar-refractivity contribution in [1.29, 1.82) is 0 Å². The Morgan fingerprint density at radius 1 is 0.316 bits per heavy atom. The topological polar surface area (TPSA) is 69.6 Å². The van der Waals surface area contributed by atoms with Gasteiger partial charge in [0.1, 0.15) is 0 Å². The van der Waals surface area contributed by atoms with Crippen molar-refractivity contribution in [2.45, 2.75) is 411 Å². The summed E-state index contributed by atoms with van der Waals surface area (Å²) in [4.78, 5) is 12.5. The quantitative estimate of drug-likeness (QED) is 0.0420. The molecule has 0 radical (unpaired) electrons. The third-order valence-electron chi connectivity index (χ3n) is 16.6. The Morgan fingerprint density at radius 2 is 0.539 bits per heavy atom. The number of hydrogen-bond donors (Lipinski definition) is 3. The molecule has 76 heavy (non-hydrogen) atoms. The molecule has 4 heteroatoms. The summed E-state index contributed by atoms with van der Waals surface area (Å²) in [7, 11) is 0. The van der Waals surface area contributed by atoms with Crippen LogP contribution in [-0.4, -0.2) is 34.9 Å². The largest absolute Gasteiger partial charge is 0.394 e. The highest BCUT2D eigenvalue weighted by molar-refractivity contribution is 5.76. The van der Waals surface area contributed by atoms with E-state index in [1.54, 1.807) is 6.08 Å². The number of nitrogens with one attached hydrogen (secondary N) is 1. The highest BCUT2D eigenvalue weighted by atomic mass is 16.3. The molecular weight excluding hydrogens is 927 g/mol. The molecule has 0 fully saturated rings. The van der Waals surface area contributed by atoms with Crippen LogP contribution in [0.3, 0.4) is 0 Å². The summed E-state index contributed by atoms with van der Waals surface area (Å²) < 4.78 is 0. The second-order valence-electron chi connectivity index (χ2n) is 24.3. The first kappa shape index (κ1) is 74.6. The standard InChI is InChI=1S/C72H139NO3/c1-3-5-7-9-11-13-15-17-19-21-23-25-27-28-29-30-31-32-33-34-35-36-37-38-39-40-41-42-43-44-46-48-50-52-54-56-58-60-62-64-66-68-72(76)73-70(69-74)71(75)67-65-63-61-59-57-55-53-51-49-47-45-26-24-22-20-18-16-14-12-10-8-6-4-2/h15,17,21,23,65,67,70-71,74-75H,3-14,16,18-20,22,24-64,66,68-69H2,1-2H3,(H,73,76)/b17-15-,23-21-,67-65+. The second kappa shape index (κ2) is 67.9. The fraction of sp³-hybridized carbons (Fsp3) is 0.903. The van der Waals surface area contributed by atoms with Crippen molar-refractivity contribution in [2.24, 2.45) is 0 Å². The van der Waals surface area contributed by atoms with Gasteiger partial charge in [0.15, 0.2) is 0 Å². The third kappa shape index (κ3) is 63.4. The number of hydrogen-bond acceptors (Lipinski definition) is 3. The molecule has 4 nitrogen and oxygen atoms in total. The van der Waals surface area contributed by atoms with Gasteiger partial charge in [0.25, 0.3) is 0 Å². The molecule has 0 aliphatic heterocycles. The van der Waals surface area contributed by atoms with E-state index in [9.17, 15) is 15.0 Å². The summed E-state index contributed by atoms with van der Waals surface area (Å²) in [6, 6.07) is -0.621. The van der Waals surface area contributed by atoms with Gasteiger partial charge in [-0.3, -0.25) is 4.79 Å². The minimum absolute atomic E-state index is 0.0548. The highest BCUT2D eigenvalue weighted by Crippen LogP contribution is 2.19. The summed E-state index contributed by atoms with van der Waals surface area (Å²) in [6.45, 7) is 4.34. The number of amides is 1. The van der Waals surface area contributed by atoms with E-state index in [1.807, 2.05) is 6.08 Å². The van der Waals surface area contributed by atoms with Crippen molar-refractivity contribution in [3.8, 4) is 0 Å². The highest BCUT2D eigenvalue weighted by Gasteiger charge is 2.18. The first-order valence-electron chi connectivity index (χ1n) is 35.2. The fourth-order valence-electron chi connectivity index (χ4n) is 11.3. The average molecular weight is 1070 g/mol. The Kier molecular flexibility index (Phi) is 66.6. The Bertz CT molecular complexity index is 1160. The van der Waals surface area contributed by atoms with Crippen molar-refractivity contribution in [3.05, 3.63) is 36.5 Å². The molecule has 3 N–H and O–H groups in total. The summed E-state index contributed by atoms with van der Waals surface area (Å²) in [6.07, 6.45) is 93.9. The Labute approximate surface area is 478 Å². The number of aliphatic hydroxyl groups excluding tert-OH is 2. The van der Waals surface area contributed by atoms with E-state index in [4.69, 9.17) is 0 Å². The molecule has 0 saturated carbocycles. The lowest BCUT2D eigenvalue weighted by molar-refractivity contribution is -0.123. The summed E-state index contributed by atoms with van der Waals surface area (Å²) in [5.74, 6) is -0.0548. The van der Waals surface area contributed by atoms with Crippen LogP contribution in [0.1, 0.15) is 399 Å². The van der Waals surface area contributed by atoms with Gasteiger partial charge in [-0.05, 0) is 51.4 Å². The van der Waals surface area contributed by atoms with Crippen LogP contribution >= 0.6 is 0 Å². The maximum atomic E-state index is 12.5. The zero-order valence-electron chi connectivity index (χ0n) is 52.1. The molecule has 0 aromatic carbocycles. The van der Waals surface area contributed by atoms with Crippen LogP contribution in [0.2, 0.25) is 0 Å². The molecule has 0 spiro atoms. The number of rotatable bonds is 66.